The molecule has 1 nitrogen and oxygen atoms in total. The van der Waals surface area contributed by atoms with Gasteiger partial charge < -0.3 is 4.98 Å². The van der Waals surface area contributed by atoms with Crippen molar-refractivity contribution in [3.05, 3.63) is 48.7 Å². The van der Waals surface area contributed by atoms with Gasteiger partial charge in [-0.1, -0.05) is 50.5 Å². The van der Waals surface area contributed by atoms with Crippen molar-refractivity contribution in [1.82, 2.24) is 4.98 Å². The third-order valence-corrected chi connectivity index (χ3v) is 3.67. The minimum absolute atomic E-state index is 0.616. The Kier molecular flexibility index (Phi) is 4.63. The Balaban J connectivity index is 2.21. The van der Waals surface area contributed by atoms with Crippen LogP contribution in [-0.2, 0) is 0 Å². The largest absolute Gasteiger partial charge is 0.361 e. The Bertz CT molecular complexity index is 495. The van der Waals surface area contributed by atoms with Gasteiger partial charge in [0.15, 0.2) is 0 Å². The second-order valence-corrected chi connectivity index (χ2v) is 5.01. The first-order valence-electron chi connectivity index (χ1n) is 7.03. The van der Waals surface area contributed by atoms with Gasteiger partial charge in [-0.3, -0.25) is 0 Å². The number of benzene rings is 1. The summed E-state index contributed by atoms with van der Waals surface area (Å²) in [4.78, 5) is 3.38. The van der Waals surface area contributed by atoms with Gasteiger partial charge in [-0.25, -0.2) is 0 Å². The Morgan fingerprint density at radius 1 is 1.28 bits per heavy atom. The smallest absolute Gasteiger partial charge is 0.0456 e. The second-order valence-electron chi connectivity index (χ2n) is 5.01. The van der Waals surface area contributed by atoms with Gasteiger partial charge in [0.2, 0.25) is 0 Å². The first kappa shape index (κ1) is 12.9. The van der Waals surface area contributed by atoms with Crippen molar-refractivity contribution in [3.8, 4) is 0 Å². The molecule has 1 N–H and O–H groups in total. The fraction of sp³-hybridized carbons (Fsp3) is 0.412. The minimum atomic E-state index is 0.616. The van der Waals surface area contributed by atoms with E-state index in [-0.39, 0.29) is 0 Å². The van der Waals surface area contributed by atoms with Crippen molar-refractivity contribution in [2.24, 2.45) is 0 Å². The van der Waals surface area contributed by atoms with Crippen LogP contribution in [0.5, 0.6) is 0 Å². The Morgan fingerprint density at radius 2 is 2.11 bits per heavy atom. The van der Waals surface area contributed by atoms with Crippen LogP contribution in [0.4, 0.5) is 0 Å². The van der Waals surface area contributed by atoms with E-state index in [1.54, 1.807) is 0 Å². The molecule has 1 atom stereocenters. The van der Waals surface area contributed by atoms with Crippen molar-refractivity contribution in [3.63, 3.8) is 0 Å². The number of hydrogen-bond acceptors (Lipinski definition) is 0. The number of unbranched alkanes of at least 4 members (excludes halogenated alkanes) is 2. The van der Waals surface area contributed by atoms with Crippen LogP contribution < -0.4 is 0 Å². The van der Waals surface area contributed by atoms with Gasteiger partial charge in [0.05, 0.1) is 0 Å². The predicted octanol–water partition coefficient (Wildman–Crippen LogP) is 5.41. The van der Waals surface area contributed by atoms with E-state index in [2.05, 4.69) is 55.0 Å². The lowest BCUT2D eigenvalue weighted by Gasteiger charge is -2.14. The molecule has 2 rings (SSSR count). The molecule has 0 radical (unpaired) electrons. The van der Waals surface area contributed by atoms with E-state index in [4.69, 9.17) is 0 Å². The van der Waals surface area contributed by atoms with Gasteiger partial charge in [-0.05, 0) is 30.4 Å². The van der Waals surface area contributed by atoms with Crippen LogP contribution in [0.1, 0.15) is 50.5 Å². The SMILES string of the molecule is C=CCC(CCCCC)c1c[nH]c2ccccc12. The van der Waals surface area contributed by atoms with E-state index in [0.29, 0.717) is 5.92 Å². The molecule has 1 heterocycles. The molecular formula is C17H23N. The van der Waals surface area contributed by atoms with Crippen molar-refractivity contribution >= 4 is 10.9 Å². The summed E-state index contributed by atoms with van der Waals surface area (Å²) in [6.07, 6.45) is 10.5. The summed E-state index contributed by atoms with van der Waals surface area (Å²) in [5.41, 5.74) is 2.71. The highest BCUT2D eigenvalue weighted by Crippen LogP contribution is 2.31. The fourth-order valence-corrected chi connectivity index (χ4v) is 2.67. The summed E-state index contributed by atoms with van der Waals surface area (Å²) in [6, 6.07) is 8.58. The minimum Gasteiger partial charge on any atom is -0.361 e. The molecule has 0 fully saturated rings. The maximum atomic E-state index is 3.91. The highest BCUT2D eigenvalue weighted by Gasteiger charge is 2.13. The van der Waals surface area contributed by atoms with E-state index in [1.165, 1.54) is 42.1 Å². The first-order valence-corrected chi connectivity index (χ1v) is 7.03. The summed E-state index contributed by atoms with van der Waals surface area (Å²) in [7, 11) is 0. The Hall–Kier alpha value is -1.50. The normalized spacial score (nSPS) is 12.7. The van der Waals surface area contributed by atoms with E-state index < -0.39 is 0 Å². The first-order chi connectivity index (χ1) is 8.86. The molecule has 0 saturated carbocycles. The number of aromatic amines is 1. The zero-order chi connectivity index (χ0) is 12.8. The van der Waals surface area contributed by atoms with Crippen LogP contribution in [0.2, 0.25) is 0 Å². The molecule has 0 aliphatic rings. The van der Waals surface area contributed by atoms with Crippen molar-refractivity contribution in [2.45, 2.75) is 44.9 Å². The molecule has 1 aromatic carbocycles. The molecule has 96 valence electrons. The third kappa shape index (κ3) is 2.84. The van der Waals surface area contributed by atoms with Crippen LogP contribution >= 0.6 is 0 Å². The molecule has 1 aromatic heterocycles. The van der Waals surface area contributed by atoms with Gasteiger partial charge in [-0.15, -0.1) is 6.58 Å². The van der Waals surface area contributed by atoms with Gasteiger partial charge in [0.25, 0.3) is 0 Å². The monoisotopic (exact) mass is 241 g/mol. The topological polar surface area (TPSA) is 15.8 Å². The van der Waals surface area contributed by atoms with Crippen molar-refractivity contribution in [2.75, 3.05) is 0 Å². The Morgan fingerprint density at radius 3 is 2.89 bits per heavy atom. The number of fused-ring (bicyclic) bond motifs is 1. The maximum Gasteiger partial charge on any atom is 0.0456 e. The predicted molar refractivity (Wildman–Crippen MR) is 80.0 cm³/mol. The molecule has 1 heteroatoms. The number of nitrogens with one attached hydrogen (secondary N) is 1. The van der Waals surface area contributed by atoms with Gasteiger partial charge in [-0.2, -0.15) is 0 Å². The summed E-state index contributed by atoms with van der Waals surface area (Å²) < 4.78 is 0. The van der Waals surface area contributed by atoms with Crippen molar-refractivity contribution in [1.29, 1.82) is 0 Å². The standard InChI is InChI=1S/C17H23N/c1-3-5-6-10-14(9-4-2)16-13-18-17-12-8-7-11-15(16)17/h4,7-8,11-14,18H,2-3,5-6,9-10H2,1H3. The van der Waals surface area contributed by atoms with Crippen LogP contribution in [0.25, 0.3) is 10.9 Å². The summed E-state index contributed by atoms with van der Waals surface area (Å²) >= 11 is 0. The van der Waals surface area contributed by atoms with E-state index in [9.17, 15) is 0 Å². The molecule has 0 aliphatic heterocycles. The molecule has 0 amide bonds. The zero-order valence-corrected chi connectivity index (χ0v) is 11.3. The van der Waals surface area contributed by atoms with Gasteiger partial charge >= 0.3 is 0 Å². The van der Waals surface area contributed by atoms with Crippen LogP contribution in [0.3, 0.4) is 0 Å². The average molecular weight is 241 g/mol. The highest BCUT2D eigenvalue weighted by molar-refractivity contribution is 5.83. The molecule has 0 spiro atoms. The number of para-hydroxylation sites is 1. The Labute approximate surface area is 110 Å². The highest BCUT2D eigenvalue weighted by atomic mass is 14.7. The number of aromatic nitrogens is 1. The summed E-state index contributed by atoms with van der Waals surface area (Å²) in [6.45, 7) is 6.17. The summed E-state index contributed by atoms with van der Waals surface area (Å²) in [5.74, 6) is 0.616. The number of allylic oxidation sites excluding steroid dienone is 1. The molecule has 0 saturated heterocycles. The number of H-pyrrole nitrogens is 1. The van der Waals surface area contributed by atoms with Gasteiger partial charge in [0, 0.05) is 17.1 Å². The third-order valence-electron chi connectivity index (χ3n) is 3.67. The van der Waals surface area contributed by atoms with Crippen LogP contribution in [0, 0.1) is 0 Å². The fourth-order valence-electron chi connectivity index (χ4n) is 2.67. The second kappa shape index (κ2) is 6.44. The quantitative estimate of drug-likeness (QED) is 0.493. The van der Waals surface area contributed by atoms with E-state index in [1.807, 2.05) is 0 Å². The average Bonchev–Trinajstić information content (AvgIpc) is 2.82. The molecular weight excluding hydrogens is 218 g/mol. The van der Waals surface area contributed by atoms with E-state index >= 15 is 0 Å². The number of hydrogen-bond donors (Lipinski definition) is 1. The lowest BCUT2D eigenvalue weighted by molar-refractivity contribution is 0.573. The summed E-state index contributed by atoms with van der Waals surface area (Å²) in [5, 5.41) is 1.38. The molecule has 1 unspecified atom stereocenters. The van der Waals surface area contributed by atoms with Gasteiger partial charge in [0.1, 0.15) is 0 Å². The molecule has 18 heavy (non-hydrogen) atoms. The molecule has 0 aliphatic carbocycles. The molecule has 0 bridgehead atoms. The van der Waals surface area contributed by atoms with Crippen molar-refractivity contribution < 1.29 is 0 Å². The van der Waals surface area contributed by atoms with Crippen LogP contribution in [0.15, 0.2) is 43.1 Å². The van der Waals surface area contributed by atoms with Crippen LogP contribution in [-0.4, -0.2) is 4.98 Å². The number of rotatable bonds is 7. The lowest BCUT2D eigenvalue weighted by Crippen LogP contribution is -1.97. The zero-order valence-electron chi connectivity index (χ0n) is 11.3. The lowest BCUT2D eigenvalue weighted by atomic mass is 9.90. The van der Waals surface area contributed by atoms with E-state index in [0.717, 1.165) is 6.42 Å². The molecule has 2 aromatic rings. The maximum absolute atomic E-state index is 3.91.